The number of rotatable bonds is 6. The standard InChI is InChI=1S/C17H17FN4O2/c1-23-16-11-15(19-17(20-16)24-2)13-5-3-4-12(10-13)14-6-8-22(21-14)9-7-18/h3-6,8,10-11H,7,9H2,1-2H3. The fourth-order valence-electron chi connectivity index (χ4n) is 2.31. The van der Waals surface area contributed by atoms with E-state index in [0.717, 1.165) is 16.8 Å². The highest BCUT2D eigenvalue weighted by Gasteiger charge is 2.09. The zero-order valence-corrected chi connectivity index (χ0v) is 13.4. The molecule has 0 aliphatic heterocycles. The smallest absolute Gasteiger partial charge is 0.320 e. The molecule has 0 bridgehead atoms. The maximum atomic E-state index is 12.4. The second-order valence-corrected chi connectivity index (χ2v) is 5.02. The Hall–Kier alpha value is -2.96. The number of hydrogen-bond donors (Lipinski definition) is 0. The van der Waals surface area contributed by atoms with E-state index in [2.05, 4.69) is 15.1 Å². The van der Waals surface area contributed by atoms with E-state index in [4.69, 9.17) is 9.47 Å². The van der Waals surface area contributed by atoms with Gasteiger partial charge in [0.15, 0.2) is 0 Å². The summed E-state index contributed by atoms with van der Waals surface area (Å²) in [6.45, 7) is -0.193. The van der Waals surface area contributed by atoms with Crippen LogP contribution in [0.1, 0.15) is 0 Å². The van der Waals surface area contributed by atoms with Crippen LogP contribution in [0.3, 0.4) is 0 Å². The van der Waals surface area contributed by atoms with Crippen LogP contribution in [0.5, 0.6) is 11.9 Å². The fourth-order valence-corrected chi connectivity index (χ4v) is 2.31. The molecule has 0 atom stereocenters. The molecule has 0 amide bonds. The molecule has 2 heterocycles. The summed E-state index contributed by atoms with van der Waals surface area (Å²) >= 11 is 0. The van der Waals surface area contributed by atoms with E-state index in [1.165, 1.54) is 7.11 Å². The predicted molar refractivity (Wildman–Crippen MR) is 87.8 cm³/mol. The van der Waals surface area contributed by atoms with Gasteiger partial charge in [-0.3, -0.25) is 4.68 Å². The molecule has 0 N–H and O–H groups in total. The van der Waals surface area contributed by atoms with Crippen molar-refractivity contribution in [3.8, 4) is 34.4 Å². The average Bonchev–Trinajstić information content (AvgIpc) is 3.10. The quantitative estimate of drug-likeness (QED) is 0.696. The Morgan fingerprint density at radius 2 is 1.79 bits per heavy atom. The Morgan fingerprint density at radius 1 is 1.00 bits per heavy atom. The van der Waals surface area contributed by atoms with E-state index in [9.17, 15) is 4.39 Å². The van der Waals surface area contributed by atoms with Crippen LogP contribution in [0, 0.1) is 0 Å². The van der Waals surface area contributed by atoms with E-state index in [0.29, 0.717) is 11.6 Å². The molecule has 0 spiro atoms. The van der Waals surface area contributed by atoms with Gasteiger partial charge >= 0.3 is 6.01 Å². The first-order chi connectivity index (χ1) is 11.7. The Labute approximate surface area is 138 Å². The Bertz CT molecular complexity index is 813. The van der Waals surface area contributed by atoms with Gasteiger partial charge in [0.2, 0.25) is 5.88 Å². The SMILES string of the molecule is COc1cc(-c2cccc(-c3ccn(CCF)n3)c2)nc(OC)n1. The number of alkyl halides is 1. The van der Waals surface area contributed by atoms with Crippen LogP contribution < -0.4 is 9.47 Å². The molecule has 3 aromatic rings. The van der Waals surface area contributed by atoms with Gasteiger partial charge in [-0.05, 0) is 12.1 Å². The zero-order valence-electron chi connectivity index (χ0n) is 13.4. The molecule has 124 valence electrons. The van der Waals surface area contributed by atoms with Crippen LogP contribution in [-0.4, -0.2) is 40.6 Å². The molecule has 0 aliphatic carbocycles. The summed E-state index contributed by atoms with van der Waals surface area (Å²) in [5.74, 6) is 0.425. The van der Waals surface area contributed by atoms with Crippen molar-refractivity contribution in [2.75, 3.05) is 20.9 Å². The van der Waals surface area contributed by atoms with Crippen molar-refractivity contribution >= 4 is 0 Å². The Morgan fingerprint density at radius 3 is 2.50 bits per heavy atom. The molecule has 0 saturated heterocycles. The zero-order chi connectivity index (χ0) is 16.9. The highest BCUT2D eigenvalue weighted by molar-refractivity contribution is 5.69. The summed E-state index contributed by atoms with van der Waals surface area (Å²) < 4.78 is 24.3. The number of halogens is 1. The van der Waals surface area contributed by atoms with Crippen LogP contribution in [0.25, 0.3) is 22.5 Å². The monoisotopic (exact) mass is 328 g/mol. The molecule has 0 radical (unpaired) electrons. The molecular weight excluding hydrogens is 311 g/mol. The Balaban J connectivity index is 1.98. The first-order valence-corrected chi connectivity index (χ1v) is 7.41. The lowest BCUT2D eigenvalue weighted by atomic mass is 10.1. The largest absolute Gasteiger partial charge is 0.481 e. The van der Waals surface area contributed by atoms with Crippen LogP contribution >= 0.6 is 0 Å². The van der Waals surface area contributed by atoms with Crippen molar-refractivity contribution in [1.29, 1.82) is 0 Å². The van der Waals surface area contributed by atoms with Crippen molar-refractivity contribution in [3.63, 3.8) is 0 Å². The minimum atomic E-state index is -0.443. The number of aromatic nitrogens is 4. The van der Waals surface area contributed by atoms with Crippen LogP contribution in [-0.2, 0) is 6.54 Å². The Kier molecular flexibility index (Phi) is 4.69. The number of ether oxygens (including phenoxy) is 2. The van der Waals surface area contributed by atoms with E-state index < -0.39 is 6.67 Å². The van der Waals surface area contributed by atoms with E-state index >= 15 is 0 Å². The van der Waals surface area contributed by atoms with Crippen LogP contribution in [0.4, 0.5) is 4.39 Å². The second kappa shape index (κ2) is 7.08. The summed E-state index contributed by atoms with van der Waals surface area (Å²) in [5, 5.41) is 4.37. The molecule has 0 fully saturated rings. The predicted octanol–water partition coefficient (Wildman–Crippen LogP) is 2.99. The molecule has 0 unspecified atom stereocenters. The van der Waals surface area contributed by atoms with E-state index in [1.54, 1.807) is 24.1 Å². The molecule has 6 nitrogen and oxygen atoms in total. The third-order valence-corrected chi connectivity index (χ3v) is 3.48. The summed E-state index contributed by atoms with van der Waals surface area (Å²) in [7, 11) is 3.05. The van der Waals surface area contributed by atoms with Gasteiger partial charge < -0.3 is 9.47 Å². The maximum Gasteiger partial charge on any atom is 0.320 e. The van der Waals surface area contributed by atoms with Crippen molar-refractivity contribution in [2.24, 2.45) is 0 Å². The maximum absolute atomic E-state index is 12.4. The van der Waals surface area contributed by atoms with Crippen molar-refractivity contribution < 1.29 is 13.9 Å². The number of benzene rings is 1. The van der Waals surface area contributed by atoms with Crippen molar-refractivity contribution in [2.45, 2.75) is 6.54 Å². The van der Waals surface area contributed by atoms with Gasteiger partial charge in [0.1, 0.15) is 6.67 Å². The van der Waals surface area contributed by atoms with Gasteiger partial charge in [-0.15, -0.1) is 0 Å². The van der Waals surface area contributed by atoms with Gasteiger partial charge in [0, 0.05) is 23.4 Å². The van der Waals surface area contributed by atoms with Gasteiger partial charge in [-0.1, -0.05) is 18.2 Å². The highest BCUT2D eigenvalue weighted by atomic mass is 19.1. The summed E-state index contributed by atoms with van der Waals surface area (Å²) in [4.78, 5) is 8.44. The topological polar surface area (TPSA) is 62.1 Å². The van der Waals surface area contributed by atoms with Gasteiger partial charge in [-0.2, -0.15) is 15.1 Å². The van der Waals surface area contributed by atoms with Gasteiger partial charge in [-0.25, -0.2) is 4.39 Å². The summed E-state index contributed by atoms with van der Waals surface area (Å²) in [6.07, 6.45) is 1.76. The highest BCUT2D eigenvalue weighted by Crippen LogP contribution is 2.27. The lowest BCUT2D eigenvalue weighted by molar-refractivity contribution is 0.353. The normalized spacial score (nSPS) is 10.6. The summed E-state index contributed by atoms with van der Waals surface area (Å²) in [6, 6.07) is 11.6. The first kappa shape index (κ1) is 15.9. The fraction of sp³-hybridized carbons (Fsp3) is 0.235. The number of hydrogen-bond acceptors (Lipinski definition) is 5. The molecule has 0 aliphatic rings. The van der Waals surface area contributed by atoms with Crippen LogP contribution in [0.2, 0.25) is 0 Å². The molecule has 0 saturated carbocycles. The minimum Gasteiger partial charge on any atom is -0.481 e. The van der Waals surface area contributed by atoms with Crippen LogP contribution in [0.15, 0.2) is 42.6 Å². The third-order valence-electron chi connectivity index (χ3n) is 3.48. The van der Waals surface area contributed by atoms with Gasteiger partial charge in [0.25, 0.3) is 0 Å². The molecule has 1 aromatic carbocycles. The number of aryl methyl sites for hydroxylation is 1. The molecule has 24 heavy (non-hydrogen) atoms. The summed E-state index contributed by atoms with van der Waals surface area (Å²) in [5.41, 5.74) is 3.26. The van der Waals surface area contributed by atoms with E-state index in [-0.39, 0.29) is 12.6 Å². The lowest BCUT2D eigenvalue weighted by Crippen LogP contribution is -1.99. The number of methoxy groups -OCH3 is 2. The number of nitrogens with zero attached hydrogens (tertiary/aromatic N) is 4. The van der Waals surface area contributed by atoms with Gasteiger partial charge in [0.05, 0.1) is 32.2 Å². The molecular formula is C17H17FN4O2. The lowest BCUT2D eigenvalue weighted by Gasteiger charge is -2.07. The average molecular weight is 328 g/mol. The first-order valence-electron chi connectivity index (χ1n) is 7.41. The molecule has 7 heteroatoms. The minimum absolute atomic E-state index is 0.238. The molecule has 2 aromatic heterocycles. The second-order valence-electron chi connectivity index (χ2n) is 5.02. The molecule has 3 rings (SSSR count). The van der Waals surface area contributed by atoms with E-state index in [1.807, 2.05) is 30.3 Å². The third kappa shape index (κ3) is 3.34. The van der Waals surface area contributed by atoms with Crippen molar-refractivity contribution in [1.82, 2.24) is 19.7 Å². The van der Waals surface area contributed by atoms with Crippen molar-refractivity contribution in [3.05, 3.63) is 42.6 Å².